The molecule has 1 N–H and O–H groups in total. The molecular formula is C12H15Cl3N2O2. The lowest BCUT2D eigenvalue weighted by Gasteiger charge is -2.27. The number of hydrogen-bond acceptors (Lipinski definition) is 2. The first-order chi connectivity index (χ1) is 8.80. The van der Waals surface area contributed by atoms with Crippen molar-refractivity contribution in [1.82, 2.24) is 10.2 Å². The molecule has 0 saturated heterocycles. The summed E-state index contributed by atoms with van der Waals surface area (Å²) in [5, 5.41) is 2.50. The van der Waals surface area contributed by atoms with Gasteiger partial charge in [-0.15, -0.1) is 0 Å². The van der Waals surface area contributed by atoms with Crippen molar-refractivity contribution in [3.63, 3.8) is 0 Å². The number of carbonyl (C=O) groups is 1. The predicted octanol–water partition coefficient (Wildman–Crippen LogP) is 3.17. The Kier molecular flexibility index (Phi) is 6.20. The summed E-state index contributed by atoms with van der Waals surface area (Å²) in [6.07, 6.45) is -1.03. The number of rotatable bonds is 4. The lowest BCUT2D eigenvalue weighted by Crippen LogP contribution is -2.49. The highest BCUT2D eigenvalue weighted by Crippen LogP contribution is 2.31. The van der Waals surface area contributed by atoms with Crippen molar-refractivity contribution in [1.29, 1.82) is 0 Å². The number of urea groups is 1. The summed E-state index contributed by atoms with van der Waals surface area (Å²) in [5.74, 6) is 0. The normalized spacial score (nSPS) is 12.9. The van der Waals surface area contributed by atoms with Crippen LogP contribution in [0.1, 0.15) is 5.56 Å². The van der Waals surface area contributed by atoms with E-state index >= 15 is 0 Å². The maximum absolute atomic E-state index is 11.6. The average molecular weight is 326 g/mol. The van der Waals surface area contributed by atoms with Gasteiger partial charge >= 0.3 is 6.03 Å². The summed E-state index contributed by atoms with van der Waals surface area (Å²) in [4.78, 5) is 12.9. The zero-order chi connectivity index (χ0) is 14.5. The highest BCUT2D eigenvalue weighted by Gasteiger charge is 2.35. The molecule has 1 atom stereocenters. The number of ether oxygens (including phenoxy) is 1. The van der Waals surface area contributed by atoms with E-state index in [9.17, 15) is 4.79 Å². The van der Waals surface area contributed by atoms with Crippen LogP contribution in [0, 0.1) is 0 Å². The number of benzene rings is 1. The minimum absolute atomic E-state index is 0.229. The largest absolute Gasteiger partial charge is 0.349 e. The topological polar surface area (TPSA) is 41.6 Å². The van der Waals surface area contributed by atoms with Crippen LogP contribution >= 0.6 is 34.8 Å². The van der Waals surface area contributed by atoms with Crippen LogP contribution in [0.3, 0.4) is 0 Å². The summed E-state index contributed by atoms with van der Waals surface area (Å²) < 4.78 is 3.71. The predicted molar refractivity (Wildman–Crippen MR) is 77.5 cm³/mol. The van der Waals surface area contributed by atoms with Crippen molar-refractivity contribution in [3.8, 4) is 0 Å². The molecule has 106 valence electrons. The smallest absolute Gasteiger partial charge is 0.319 e. The van der Waals surface area contributed by atoms with E-state index in [0.29, 0.717) is 0 Å². The first kappa shape index (κ1) is 16.4. The summed E-state index contributed by atoms with van der Waals surface area (Å²) >= 11 is 17.4. The molecule has 0 aliphatic rings. The Labute approximate surface area is 127 Å². The Hall–Kier alpha value is -0.680. The Morgan fingerprint density at radius 1 is 1.32 bits per heavy atom. The molecule has 4 nitrogen and oxygen atoms in total. The van der Waals surface area contributed by atoms with E-state index in [-0.39, 0.29) is 6.61 Å². The minimum atomic E-state index is -1.75. The molecule has 0 spiro atoms. The number of nitrogens with one attached hydrogen (secondary N) is 1. The Bertz CT molecular complexity index is 407. The van der Waals surface area contributed by atoms with Crippen LogP contribution in [-0.4, -0.2) is 35.0 Å². The third-order valence-electron chi connectivity index (χ3n) is 2.22. The molecule has 1 rings (SSSR count). The Balaban J connectivity index is 2.63. The van der Waals surface area contributed by atoms with Crippen LogP contribution in [0.4, 0.5) is 4.79 Å². The van der Waals surface area contributed by atoms with Crippen LogP contribution in [0.2, 0.25) is 0 Å². The molecule has 1 aromatic carbocycles. The number of halogens is 3. The van der Waals surface area contributed by atoms with E-state index in [1.54, 1.807) is 14.1 Å². The second-order valence-corrected chi connectivity index (χ2v) is 6.43. The van der Waals surface area contributed by atoms with Crippen LogP contribution < -0.4 is 5.32 Å². The van der Waals surface area contributed by atoms with Crippen molar-refractivity contribution >= 4 is 40.8 Å². The lowest BCUT2D eigenvalue weighted by molar-refractivity contribution is 0.0253. The molecule has 7 heteroatoms. The Morgan fingerprint density at radius 2 is 1.89 bits per heavy atom. The van der Waals surface area contributed by atoms with Crippen LogP contribution in [0.15, 0.2) is 30.3 Å². The van der Waals surface area contributed by atoms with Gasteiger partial charge in [-0.25, -0.2) is 4.79 Å². The van der Waals surface area contributed by atoms with Crippen LogP contribution in [-0.2, 0) is 11.3 Å². The van der Waals surface area contributed by atoms with Crippen molar-refractivity contribution in [2.45, 2.75) is 16.6 Å². The minimum Gasteiger partial charge on any atom is -0.349 e. The quantitative estimate of drug-likeness (QED) is 0.682. The van der Waals surface area contributed by atoms with E-state index in [4.69, 9.17) is 39.5 Å². The Morgan fingerprint density at radius 3 is 2.37 bits per heavy atom. The summed E-state index contributed by atoms with van der Waals surface area (Å²) in [5.41, 5.74) is 0.917. The zero-order valence-electron chi connectivity index (χ0n) is 10.6. The molecule has 1 aromatic rings. The van der Waals surface area contributed by atoms with Crippen LogP contribution in [0.5, 0.6) is 0 Å². The zero-order valence-corrected chi connectivity index (χ0v) is 12.8. The van der Waals surface area contributed by atoms with E-state index in [0.717, 1.165) is 5.56 Å². The molecule has 2 amide bonds. The van der Waals surface area contributed by atoms with Gasteiger partial charge in [-0.3, -0.25) is 0 Å². The molecule has 0 aromatic heterocycles. The summed E-state index contributed by atoms with van der Waals surface area (Å²) in [6.45, 7) is 0.229. The van der Waals surface area contributed by atoms with Gasteiger partial charge in [-0.2, -0.15) is 0 Å². The van der Waals surface area contributed by atoms with Crippen molar-refractivity contribution in [2.75, 3.05) is 14.1 Å². The number of nitrogens with zero attached hydrogens (tertiary/aromatic N) is 1. The first-order valence-electron chi connectivity index (χ1n) is 5.51. The number of amides is 2. The standard InChI is InChI=1S/C12H15Cl3N2O2/c1-17(2)11(18)16-10(12(13,14)15)19-8-9-6-4-3-5-7-9/h3-7,10H,8H2,1-2H3,(H,16,18)/t10-/m1/s1. The van der Waals surface area contributed by atoms with Gasteiger partial charge in [0.2, 0.25) is 3.79 Å². The molecule has 0 bridgehead atoms. The van der Waals surface area contributed by atoms with Crippen molar-refractivity contribution in [2.24, 2.45) is 0 Å². The molecule has 0 aliphatic heterocycles. The monoisotopic (exact) mass is 324 g/mol. The van der Waals surface area contributed by atoms with Crippen molar-refractivity contribution < 1.29 is 9.53 Å². The highest BCUT2D eigenvalue weighted by atomic mass is 35.6. The third-order valence-corrected chi connectivity index (χ3v) is 2.81. The SMILES string of the molecule is CN(C)C(=O)N[C@H](OCc1ccccc1)C(Cl)(Cl)Cl. The second-order valence-electron chi connectivity index (χ2n) is 4.06. The van der Waals surface area contributed by atoms with Gasteiger partial charge in [0.15, 0.2) is 6.23 Å². The van der Waals surface area contributed by atoms with E-state index in [2.05, 4.69) is 5.32 Å². The fourth-order valence-electron chi connectivity index (χ4n) is 1.21. The van der Waals surface area contributed by atoms with Gasteiger partial charge in [0, 0.05) is 14.1 Å². The van der Waals surface area contributed by atoms with Gasteiger partial charge < -0.3 is 15.0 Å². The molecule has 0 radical (unpaired) electrons. The lowest BCUT2D eigenvalue weighted by atomic mass is 10.2. The molecule has 0 aliphatic carbocycles. The number of alkyl halides is 3. The molecule has 0 unspecified atom stereocenters. The highest BCUT2D eigenvalue weighted by molar-refractivity contribution is 6.68. The van der Waals surface area contributed by atoms with Gasteiger partial charge in [-0.05, 0) is 5.56 Å². The molecular weight excluding hydrogens is 311 g/mol. The van der Waals surface area contributed by atoms with Gasteiger partial charge in [0.25, 0.3) is 0 Å². The average Bonchev–Trinajstić information content (AvgIpc) is 2.33. The summed E-state index contributed by atoms with van der Waals surface area (Å²) in [6, 6.07) is 9.00. The fraction of sp³-hybridized carbons (Fsp3) is 0.417. The number of carbonyl (C=O) groups excluding carboxylic acids is 1. The molecule has 0 saturated carbocycles. The number of hydrogen-bond donors (Lipinski definition) is 1. The first-order valence-corrected chi connectivity index (χ1v) is 6.64. The van der Waals surface area contributed by atoms with Crippen LogP contribution in [0.25, 0.3) is 0 Å². The third kappa shape index (κ3) is 5.87. The molecule has 19 heavy (non-hydrogen) atoms. The van der Waals surface area contributed by atoms with Gasteiger partial charge in [-0.1, -0.05) is 65.1 Å². The maximum atomic E-state index is 11.6. The van der Waals surface area contributed by atoms with E-state index in [1.807, 2.05) is 30.3 Å². The summed E-state index contributed by atoms with van der Waals surface area (Å²) in [7, 11) is 3.17. The van der Waals surface area contributed by atoms with Crippen molar-refractivity contribution in [3.05, 3.63) is 35.9 Å². The second kappa shape index (κ2) is 7.20. The van der Waals surface area contributed by atoms with E-state index in [1.165, 1.54) is 4.90 Å². The molecule has 0 heterocycles. The fourth-order valence-corrected chi connectivity index (χ4v) is 1.57. The molecule has 0 fully saturated rings. The maximum Gasteiger partial charge on any atom is 0.319 e. The van der Waals surface area contributed by atoms with Gasteiger partial charge in [0.05, 0.1) is 6.61 Å². The van der Waals surface area contributed by atoms with E-state index < -0.39 is 16.1 Å². The van der Waals surface area contributed by atoms with Gasteiger partial charge in [0.1, 0.15) is 0 Å².